The van der Waals surface area contributed by atoms with E-state index in [0.717, 1.165) is 38.8 Å². The molecule has 2 rings (SSSR count). The van der Waals surface area contributed by atoms with Gasteiger partial charge >= 0.3 is 0 Å². The number of phenolic OH excluding ortho intramolecular Hbond substituents is 2. The Bertz CT molecular complexity index is 710. The SMILES string of the molecule is CCN(CC)C1CCC(N(C(=N)c2cc(C(C)C)c(O)cc2O)C(N)C=O)CC1. The quantitative estimate of drug-likeness (QED) is 0.229. The Labute approximate surface area is 174 Å². The highest BCUT2D eigenvalue weighted by atomic mass is 16.3. The Morgan fingerprint density at radius 3 is 2.17 bits per heavy atom. The fourth-order valence-electron chi connectivity index (χ4n) is 4.47. The number of rotatable bonds is 8. The van der Waals surface area contributed by atoms with E-state index in [2.05, 4.69) is 18.7 Å². The van der Waals surface area contributed by atoms with Crippen LogP contribution in [0.3, 0.4) is 0 Å². The largest absolute Gasteiger partial charge is 0.508 e. The van der Waals surface area contributed by atoms with Crippen molar-refractivity contribution in [3.05, 3.63) is 23.3 Å². The molecule has 0 spiro atoms. The number of hydrogen-bond donors (Lipinski definition) is 4. The highest BCUT2D eigenvalue weighted by Crippen LogP contribution is 2.34. The van der Waals surface area contributed by atoms with Crippen molar-refractivity contribution in [2.24, 2.45) is 5.73 Å². The van der Waals surface area contributed by atoms with Gasteiger partial charge < -0.3 is 25.7 Å². The van der Waals surface area contributed by atoms with Crippen molar-refractivity contribution in [2.45, 2.75) is 77.5 Å². The minimum absolute atomic E-state index is 0.0000154. The first kappa shape index (κ1) is 23.2. The zero-order valence-corrected chi connectivity index (χ0v) is 18.1. The lowest BCUT2D eigenvalue weighted by molar-refractivity contribution is -0.111. The predicted molar refractivity (Wildman–Crippen MR) is 116 cm³/mol. The van der Waals surface area contributed by atoms with E-state index < -0.39 is 6.17 Å². The summed E-state index contributed by atoms with van der Waals surface area (Å²) in [5.41, 5.74) is 7.02. The Morgan fingerprint density at radius 1 is 1.14 bits per heavy atom. The van der Waals surface area contributed by atoms with Gasteiger partial charge in [0.05, 0.1) is 5.56 Å². The summed E-state index contributed by atoms with van der Waals surface area (Å²) in [6.45, 7) is 10.2. The van der Waals surface area contributed by atoms with E-state index >= 15 is 0 Å². The fraction of sp³-hybridized carbons (Fsp3) is 0.636. The summed E-state index contributed by atoms with van der Waals surface area (Å²) in [4.78, 5) is 15.6. The van der Waals surface area contributed by atoms with Crippen LogP contribution in [0, 0.1) is 5.41 Å². The highest BCUT2D eigenvalue weighted by Gasteiger charge is 2.33. The summed E-state index contributed by atoms with van der Waals surface area (Å²) in [5.74, 6) is -0.132. The van der Waals surface area contributed by atoms with Gasteiger partial charge in [-0.15, -0.1) is 0 Å². The Hall–Kier alpha value is -2.12. The van der Waals surface area contributed by atoms with Crippen LogP contribution in [0.15, 0.2) is 12.1 Å². The normalized spacial score (nSPS) is 20.7. The van der Waals surface area contributed by atoms with Crippen LogP contribution in [0.25, 0.3) is 0 Å². The average molecular weight is 405 g/mol. The van der Waals surface area contributed by atoms with Crippen LogP contribution in [0.1, 0.15) is 70.4 Å². The van der Waals surface area contributed by atoms with Gasteiger partial charge in [-0.3, -0.25) is 10.2 Å². The smallest absolute Gasteiger partial charge is 0.157 e. The topological polar surface area (TPSA) is 114 Å². The number of carbonyl (C=O) groups excluding carboxylic acids is 1. The van der Waals surface area contributed by atoms with E-state index in [0.29, 0.717) is 17.9 Å². The second-order valence-electron chi connectivity index (χ2n) is 8.15. The molecule has 1 fully saturated rings. The van der Waals surface area contributed by atoms with E-state index in [1.807, 2.05) is 13.8 Å². The molecule has 1 aromatic carbocycles. The first-order valence-corrected chi connectivity index (χ1v) is 10.6. The molecule has 1 aliphatic rings. The van der Waals surface area contributed by atoms with Gasteiger partial charge in [0, 0.05) is 18.2 Å². The molecule has 0 amide bonds. The minimum atomic E-state index is -0.951. The van der Waals surface area contributed by atoms with Gasteiger partial charge in [-0.25, -0.2) is 0 Å². The van der Waals surface area contributed by atoms with Crippen LogP contribution >= 0.6 is 0 Å². The second-order valence-corrected chi connectivity index (χ2v) is 8.15. The molecule has 0 saturated heterocycles. The number of nitrogens with two attached hydrogens (primary N) is 1. The van der Waals surface area contributed by atoms with Crippen molar-refractivity contribution in [1.82, 2.24) is 9.80 Å². The van der Waals surface area contributed by atoms with Gasteiger partial charge in [-0.05, 0) is 56.3 Å². The zero-order valence-electron chi connectivity index (χ0n) is 18.1. The van der Waals surface area contributed by atoms with E-state index in [9.17, 15) is 15.0 Å². The molecule has 1 aromatic rings. The van der Waals surface area contributed by atoms with Gasteiger partial charge in [0.1, 0.15) is 23.5 Å². The lowest BCUT2D eigenvalue weighted by atomic mass is 9.88. The van der Waals surface area contributed by atoms with Gasteiger partial charge in [0.15, 0.2) is 6.29 Å². The van der Waals surface area contributed by atoms with Gasteiger partial charge in [-0.2, -0.15) is 0 Å². The third-order valence-corrected chi connectivity index (χ3v) is 6.13. The Balaban J connectivity index is 2.29. The van der Waals surface area contributed by atoms with Crippen molar-refractivity contribution >= 4 is 12.1 Å². The van der Waals surface area contributed by atoms with Crippen molar-refractivity contribution in [3.8, 4) is 11.5 Å². The number of amidine groups is 1. The van der Waals surface area contributed by atoms with Crippen LogP contribution in [0.2, 0.25) is 0 Å². The summed E-state index contributed by atoms with van der Waals surface area (Å²) in [6, 6.07) is 3.37. The lowest BCUT2D eigenvalue weighted by Gasteiger charge is -2.42. The molecule has 1 atom stereocenters. The van der Waals surface area contributed by atoms with E-state index in [-0.39, 0.29) is 34.9 Å². The number of benzene rings is 1. The molecule has 1 unspecified atom stereocenters. The number of aldehydes is 1. The third-order valence-electron chi connectivity index (χ3n) is 6.13. The van der Waals surface area contributed by atoms with Crippen molar-refractivity contribution in [3.63, 3.8) is 0 Å². The van der Waals surface area contributed by atoms with Gasteiger partial charge in [0.25, 0.3) is 0 Å². The number of nitrogens with zero attached hydrogens (tertiary/aromatic N) is 2. The molecule has 1 aliphatic carbocycles. The van der Waals surface area contributed by atoms with E-state index in [1.165, 1.54) is 6.07 Å². The van der Waals surface area contributed by atoms with Crippen LogP contribution in [0.4, 0.5) is 0 Å². The average Bonchev–Trinajstić information content (AvgIpc) is 2.69. The van der Waals surface area contributed by atoms with E-state index in [4.69, 9.17) is 11.1 Å². The monoisotopic (exact) mass is 404 g/mol. The maximum Gasteiger partial charge on any atom is 0.157 e. The third kappa shape index (κ3) is 5.08. The molecule has 0 bridgehead atoms. The summed E-state index contributed by atoms with van der Waals surface area (Å²) in [6.07, 6.45) is 3.34. The first-order valence-electron chi connectivity index (χ1n) is 10.6. The molecule has 5 N–H and O–H groups in total. The number of nitrogens with one attached hydrogen (secondary N) is 1. The Morgan fingerprint density at radius 2 is 1.69 bits per heavy atom. The number of phenols is 2. The van der Waals surface area contributed by atoms with Gasteiger partial charge in [0.2, 0.25) is 0 Å². The molecule has 162 valence electrons. The molecule has 0 radical (unpaired) electrons. The molecular weight excluding hydrogens is 368 g/mol. The first-order chi connectivity index (χ1) is 13.7. The molecule has 0 aromatic heterocycles. The van der Waals surface area contributed by atoms with E-state index in [1.54, 1.807) is 11.0 Å². The Kier molecular flexibility index (Phi) is 8.05. The highest BCUT2D eigenvalue weighted by molar-refractivity contribution is 6.00. The van der Waals surface area contributed by atoms with Crippen molar-refractivity contribution < 1.29 is 15.0 Å². The molecular formula is C22H36N4O3. The minimum Gasteiger partial charge on any atom is -0.508 e. The fourth-order valence-corrected chi connectivity index (χ4v) is 4.47. The predicted octanol–water partition coefficient (Wildman–Crippen LogP) is 2.99. The molecule has 7 nitrogen and oxygen atoms in total. The maximum absolute atomic E-state index is 11.5. The molecule has 7 heteroatoms. The maximum atomic E-state index is 11.5. The summed E-state index contributed by atoms with van der Waals surface area (Å²) in [7, 11) is 0. The standard InChI is InChI=1S/C22H36N4O3/c1-5-25(6-2)15-7-9-16(10-8-15)26(21(23)13-27)22(24)18-11-17(14(3)4)19(28)12-20(18)29/h11-16,21,24,28-29H,5-10,23H2,1-4H3. The zero-order chi connectivity index (χ0) is 21.7. The van der Waals surface area contributed by atoms with Crippen molar-refractivity contribution in [2.75, 3.05) is 13.1 Å². The second kappa shape index (κ2) is 10.1. The summed E-state index contributed by atoms with van der Waals surface area (Å²) < 4.78 is 0. The number of hydrogen-bond acceptors (Lipinski definition) is 6. The van der Waals surface area contributed by atoms with Gasteiger partial charge in [-0.1, -0.05) is 27.7 Å². The summed E-state index contributed by atoms with van der Waals surface area (Å²) in [5, 5.41) is 29.2. The van der Waals surface area contributed by atoms with Crippen LogP contribution in [-0.2, 0) is 4.79 Å². The van der Waals surface area contributed by atoms with Crippen LogP contribution in [-0.4, -0.2) is 63.5 Å². The van der Waals surface area contributed by atoms with Crippen LogP contribution in [0.5, 0.6) is 11.5 Å². The molecule has 0 heterocycles. The van der Waals surface area contributed by atoms with Crippen molar-refractivity contribution in [1.29, 1.82) is 5.41 Å². The summed E-state index contributed by atoms with van der Waals surface area (Å²) >= 11 is 0. The molecule has 0 aliphatic heterocycles. The van der Waals surface area contributed by atoms with Crippen LogP contribution < -0.4 is 5.73 Å². The number of carbonyl (C=O) groups is 1. The number of aromatic hydroxyl groups is 2. The lowest BCUT2D eigenvalue weighted by Crippen LogP contribution is -2.54. The molecule has 1 saturated carbocycles. The molecule has 29 heavy (non-hydrogen) atoms.